The van der Waals surface area contributed by atoms with Crippen LogP contribution >= 0.6 is 0 Å². The smallest absolute Gasteiger partial charge is 0.121 e. The standard InChI is InChI=1S/C8H15N3O/c9-7-5-12-6-8(11-7)1-3-10-4-2-8/h10H,1-6H2,(H2,9,11). The van der Waals surface area contributed by atoms with E-state index in [4.69, 9.17) is 10.5 Å². The molecule has 2 heterocycles. The zero-order chi connectivity index (χ0) is 8.44. The first-order valence-electron chi connectivity index (χ1n) is 4.43. The van der Waals surface area contributed by atoms with Gasteiger partial charge in [0, 0.05) is 0 Å². The Bertz CT molecular complexity index is 196. The lowest BCUT2D eigenvalue weighted by atomic mass is 9.89. The van der Waals surface area contributed by atoms with Crippen LogP contribution in [0, 0.1) is 0 Å². The molecule has 0 atom stereocenters. The minimum absolute atomic E-state index is 0.00752. The Kier molecular flexibility index (Phi) is 2.02. The highest BCUT2D eigenvalue weighted by Gasteiger charge is 2.34. The van der Waals surface area contributed by atoms with Crippen molar-refractivity contribution in [1.29, 1.82) is 0 Å². The number of nitrogens with zero attached hydrogens (tertiary/aromatic N) is 1. The molecular formula is C8H15N3O. The van der Waals surface area contributed by atoms with Gasteiger partial charge >= 0.3 is 0 Å². The summed E-state index contributed by atoms with van der Waals surface area (Å²) in [6.45, 7) is 3.31. The highest BCUT2D eigenvalue weighted by Crippen LogP contribution is 2.25. The SMILES string of the molecule is NC1=NC2(CCNCC2)COC1. The monoisotopic (exact) mass is 169 g/mol. The summed E-state index contributed by atoms with van der Waals surface area (Å²) in [7, 11) is 0. The van der Waals surface area contributed by atoms with E-state index in [2.05, 4.69) is 10.3 Å². The summed E-state index contributed by atoms with van der Waals surface area (Å²) in [5.74, 6) is 0.656. The van der Waals surface area contributed by atoms with Crippen LogP contribution in [-0.2, 0) is 4.74 Å². The first-order valence-corrected chi connectivity index (χ1v) is 4.43. The fourth-order valence-electron chi connectivity index (χ4n) is 1.86. The summed E-state index contributed by atoms with van der Waals surface area (Å²) in [4.78, 5) is 4.50. The fourth-order valence-corrected chi connectivity index (χ4v) is 1.86. The molecule has 1 fully saturated rings. The molecule has 0 unspecified atom stereocenters. The molecule has 1 spiro atoms. The van der Waals surface area contributed by atoms with Gasteiger partial charge in [-0.1, -0.05) is 0 Å². The summed E-state index contributed by atoms with van der Waals surface area (Å²) in [5.41, 5.74) is 5.65. The van der Waals surface area contributed by atoms with Crippen molar-refractivity contribution in [2.45, 2.75) is 18.4 Å². The van der Waals surface area contributed by atoms with E-state index in [9.17, 15) is 0 Å². The zero-order valence-corrected chi connectivity index (χ0v) is 7.18. The van der Waals surface area contributed by atoms with Gasteiger partial charge in [0.2, 0.25) is 0 Å². The lowest BCUT2D eigenvalue weighted by molar-refractivity contribution is 0.0816. The molecule has 0 aromatic rings. The second-order valence-electron chi connectivity index (χ2n) is 3.57. The molecular weight excluding hydrogens is 154 g/mol. The Balaban J connectivity index is 2.12. The van der Waals surface area contributed by atoms with E-state index in [-0.39, 0.29) is 5.54 Å². The highest BCUT2D eigenvalue weighted by atomic mass is 16.5. The van der Waals surface area contributed by atoms with Crippen molar-refractivity contribution in [2.75, 3.05) is 26.3 Å². The summed E-state index contributed by atoms with van der Waals surface area (Å²) < 4.78 is 5.39. The molecule has 2 aliphatic heterocycles. The number of nitrogens with two attached hydrogens (primary N) is 1. The maximum atomic E-state index is 5.64. The average Bonchev–Trinajstić information content (AvgIpc) is 2.05. The molecule has 3 N–H and O–H groups in total. The molecule has 4 nitrogen and oxygen atoms in total. The minimum Gasteiger partial charge on any atom is -0.386 e. The van der Waals surface area contributed by atoms with E-state index in [0.717, 1.165) is 32.5 Å². The van der Waals surface area contributed by atoms with Crippen LogP contribution in [0.15, 0.2) is 4.99 Å². The van der Waals surface area contributed by atoms with Gasteiger partial charge in [-0.2, -0.15) is 0 Å². The molecule has 4 heteroatoms. The number of nitrogens with one attached hydrogen (secondary N) is 1. The maximum absolute atomic E-state index is 5.64. The Labute approximate surface area is 72.2 Å². The third-order valence-electron chi connectivity index (χ3n) is 2.54. The molecule has 0 amide bonds. The molecule has 2 aliphatic rings. The van der Waals surface area contributed by atoms with Crippen LogP contribution < -0.4 is 11.1 Å². The van der Waals surface area contributed by atoms with E-state index in [1.165, 1.54) is 0 Å². The first-order chi connectivity index (χ1) is 5.81. The van der Waals surface area contributed by atoms with Crippen molar-refractivity contribution in [3.05, 3.63) is 0 Å². The zero-order valence-electron chi connectivity index (χ0n) is 7.18. The Morgan fingerprint density at radius 2 is 2.17 bits per heavy atom. The van der Waals surface area contributed by atoms with Crippen LogP contribution in [0.1, 0.15) is 12.8 Å². The topological polar surface area (TPSA) is 59.6 Å². The van der Waals surface area contributed by atoms with Crippen LogP contribution in [0.3, 0.4) is 0 Å². The quantitative estimate of drug-likeness (QED) is 0.514. The summed E-state index contributed by atoms with van der Waals surface area (Å²) in [6.07, 6.45) is 2.10. The lowest BCUT2D eigenvalue weighted by Crippen LogP contribution is -2.48. The molecule has 1 saturated heterocycles. The molecule has 0 aromatic heterocycles. The number of aliphatic imine (C=N–C) groups is 1. The molecule has 0 bridgehead atoms. The van der Waals surface area contributed by atoms with Crippen molar-refractivity contribution in [1.82, 2.24) is 5.32 Å². The minimum atomic E-state index is 0.00752. The van der Waals surface area contributed by atoms with Gasteiger partial charge in [0.15, 0.2) is 0 Å². The Hall–Kier alpha value is -0.610. The molecule has 0 aliphatic carbocycles. The second-order valence-corrected chi connectivity index (χ2v) is 3.57. The fraction of sp³-hybridized carbons (Fsp3) is 0.875. The number of hydrogen-bond donors (Lipinski definition) is 2. The van der Waals surface area contributed by atoms with Crippen LogP contribution in [0.5, 0.6) is 0 Å². The number of hydrogen-bond acceptors (Lipinski definition) is 4. The van der Waals surface area contributed by atoms with Crippen molar-refractivity contribution in [2.24, 2.45) is 10.7 Å². The molecule has 0 saturated carbocycles. The number of rotatable bonds is 0. The predicted octanol–water partition coefficient (Wildman–Crippen LogP) is -0.504. The van der Waals surface area contributed by atoms with Crippen LogP contribution in [-0.4, -0.2) is 37.7 Å². The van der Waals surface area contributed by atoms with Gasteiger partial charge in [-0.3, -0.25) is 4.99 Å². The largest absolute Gasteiger partial charge is 0.386 e. The highest BCUT2D eigenvalue weighted by molar-refractivity contribution is 5.82. The van der Waals surface area contributed by atoms with Gasteiger partial charge in [-0.25, -0.2) is 0 Å². The summed E-state index contributed by atoms with van der Waals surface area (Å²) in [5, 5.41) is 3.31. The average molecular weight is 169 g/mol. The predicted molar refractivity (Wildman–Crippen MR) is 47.3 cm³/mol. The number of amidine groups is 1. The van der Waals surface area contributed by atoms with Crippen molar-refractivity contribution >= 4 is 5.84 Å². The van der Waals surface area contributed by atoms with Gasteiger partial charge in [0.1, 0.15) is 12.4 Å². The number of piperidine rings is 1. The van der Waals surface area contributed by atoms with Gasteiger partial charge in [-0.05, 0) is 25.9 Å². The Morgan fingerprint density at radius 3 is 2.83 bits per heavy atom. The molecule has 12 heavy (non-hydrogen) atoms. The van der Waals surface area contributed by atoms with E-state index in [1.807, 2.05) is 0 Å². The third-order valence-corrected chi connectivity index (χ3v) is 2.54. The normalized spacial score (nSPS) is 28.5. The number of ether oxygens (including phenoxy) is 1. The van der Waals surface area contributed by atoms with Crippen molar-refractivity contribution in [3.63, 3.8) is 0 Å². The molecule has 0 aromatic carbocycles. The van der Waals surface area contributed by atoms with Crippen molar-refractivity contribution in [3.8, 4) is 0 Å². The lowest BCUT2D eigenvalue weighted by Gasteiger charge is -2.36. The first kappa shape index (κ1) is 8.01. The summed E-state index contributed by atoms with van der Waals surface area (Å²) in [6, 6.07) is 0. The van der Waals surface area contributed by atoms with E-state index >= 15 is 0 Å². The van der Waals surface area contributed by atoms with E-state index in [1.54, 1.807) is 0 Å². The van der Waals surface area contributed by atoms with Gasteiger partial charge in [0.05, 0.1) is 12.1 Å². The third kappa shape index (κ3) is 1.44. The van der Waals surface area contributed by atoms with Crippen LogP contribution in [0.2, 0.25) is 0 Å². The summed E-state index contributed by atoms with van der Waals surface area (Å²) >= 11 is 0. The maximum Gasteiger partial charge on any atom is 0.121 e. The van der Waals surface area contributed by atoms with Crippen LogP contribution in [0.4, 0.5) is 0 Å². The molecule has 68 valence electrons. The van der Waals surface area contributed by atoms with Crippen LogP contribution in [0.25, 0.3) is 0 Å². The van der Waals surface area contributed by atoms with Crippen molar-refractivity contribution < 1.29 is 4.74 Å². The molecule has 2 rings (SSSR count). The molecule has 0 radical (unpaired) electrons. The van der Waals surface area contributed by atoms with Gasteiger partial charge < -0.3 is 15.8 Å². The second kappa shape index (κ2) is 3.03. The Morgan fingerprint density at radius 1 is 1.42 bits per heavy atom. The van der Waals surface area contributed by atoms with E-state index in [0.29, 0.717) is 12.4 Å². The van der Waals surface area contributed by atoms with Gasteiger partial charge in [0.25, 0.3) is 0 Å². The van der Waals surface area contributed by atoms with E-state index < -0.39 is 0 Å². The van der Waals surface area contributed by atoms with Gasteiger partial charge in [-0.15, -0.1) is 0 Å².